The maximum atomic E-state index is 10.9. The maximum absolute atomic E-state index is 10.9. The average Bonchev–Trinajstić information content (AvgIpc) is 2.62. The van der Waals surface area contributed by atoms with Crippen LogP contribution in [0.3, 0.4) is 0 Å². The van der Waals surface area contributed by atoms with Gasteiger partial charge in [0.05, 0.1) is 10.6 Å². The van der Waals surface area contributed by atoms with Crippen molar-refractivity contribution >= 4 is 11.4 Å². The van der Waals surface area contributed by atoms with E-state index in [1.165, 1.54) is 6.07 Å². The zero-order valence-corrected chi connectivity index (χ0v) is 13.6. The number of piperazine rings is 1. The summed E-state index contributed by atoms with van der Waals surface area (Å²) in [6.45, 7) is 5.40. The summed E-state index contributed by atoms with van der Waals surface area (Å²) in [5.41, 5.74) is 1.95. The Bertz CT molecular complexity index is 727. The minimum absolute atomic E-state index is 0.122. The van der Waals surface area contributed by atoms with Gasteiger partial charge in [-0.2, -0.15) is 0 Å². The molecule has 1 aliphatic rings. The lowest BCUT2D eigenvalue weighted by molar-refractivity contribution is -0.384. The standard InChI is InChI=1S/C18H21N3O3/c1-14(15-5-4-6-16(13-15)21(23)24)19-9-11-20(12-10-19)17-7-2-3-8-18(17)22/h2-8,13-14,22H,9-12H2,1H3/t14-/m0/s1. The molecule has 2 aromatic carbocycles. The number of non-ortho nitro benzene ring substituents is 1. The molecule has 1 atom stereocenters. The molecule has 1 N–H and O–H groups in total. The molecule has 1 saturated heterocycles. The van der Waals surface area contributed by atoms with Gasteiger partial charge in [-0.05, 0) is 24.6 Å². The van der Waals surface area contributed by atoms with Gasteiger partial charge in [-0.1, -0.05) is 24.3 Å². The minimum atomic E-state index is -0.355. The van der Waals surface area contributed by atoms with Gasteiger partial charge in [-0.15, -0.1) is 0 Å². The minimum Gasteiger partial charge on any atom is -0.506 e. The first kappa shape index (κ1) is 16.3. The number of nitro benzene ring substituents is 1. The number of phenolic OH excluding ortho intramolecular Hbond substituents is 1. The van der Waals surface area contributed by atoms with Crippen LogP contribution in [0, 0.1) is 10.1 Å². The molecule has 0 saturated carbocycles. The molecule has 0 unspecified atom stereocenters. The molecule has 1 heterocycles. The van der Waals surface area contributed by atoms with Crippen LogP contribution in [0.1, 0.15) is 18.5 Å². The largest absolute Gasteiger partial charge is 0.506 e. The Kier molecular flexibility index (Phi) is 4.66. The third-order valence-corrected chi connectivity index (χ3v) is 4.65. The van der Waals surface area contributed by atoms with Crippen molar-refractivity contribution in [3.63, 3.8) is 0 Å². The first-order chi connectivity index (χ1) is 11.6. The molecule has 24 heavy (non-hydrogen) atoms. The smallest absolute Gasteiger partial charge is 0.269 e. The van der Waals surface area contributed by atoms with Crippen LogP contribution in [-0.2, 0) is 0 Å². The number of phenols is 1. The molecule has 126 valence electrons. The highest BCUT2D eigenvalue weighted by atomic mass is 16.6. The first-order valence-electron chi connectivity index (χ1n) is 8.07. The molecule has 0 amide bonds. The van der Waals surface area contributed by atoms with Gasteiger partial charge in [0.2, 0.25) is 0 Å². The van der Waals surface area contributed by atoms with E-state index >= 15 is 0 Å². The van der Waals surface area contributed by atoms with Gasteiger partial charge in [0, 0.05) is 44.4 Å². The monoisotopic (exact) mass is 327 g/mol. The van der Waals surface area contributed by atoms with E-state index < -0.39 is 0 Å². The zero-order valence-electron chi connectivity index (χ0n) is 13.6. The van der Waals surface area contributed by atoms with E-state index in [0.717, 1.165) is 37.4 Å². The molecular weight excluding hydrogens is 306 g/mol. The Hall–Kier alpha value is -2.60. The third kappa shape index (κ3) is 3.33. The summed E-state index contributed by atoms with van der Waals surface area (Å²) in [4.78, 5) is 15.1. The Morgan fingerprint density at radius 3 is 2.46 bits per heavy atom. The van der Waals surface area contributed by atoms with E-state index in [1.807, 2.05) is 24.3 Å². The van der Waals surface area contributed by atoms with Crippen LogP contribution in [-0.4, -0.2) is 41.1 Å². The van der Waals surface area contributed by atoms with Crippen LogP contribution in [0.4, 0.5) is 11.4 Å². The summed E-state index contributed by atoms with van der Waals surface area (Å²) in [5.74, 6) is 0.303. The number of para-hydroxylation sites is 2. The SMILES string of the molecule is C[C@@H](c1cccc([N+](=O)[O-])c1)N1CCN(c2ccccc2O)CC1. The Labute approximate surface area is 141 Å². The predicted octanol–water partition coefficient (Wildman–Crippen LogP) is 3.18. The third-order valence-electron chi connectivity index (χ3n) is 4.65. The number of nitro groups is 1. The van der Waals surface area contributed by atoms with Crippen molar-refractivity contribution in [2.75, 3.05) is 31.1 Å². The number of aromatic hydroxyl groups is 1. The molecule has 3 rings (SSSR count). The first-order valence-corrected chi connectivity index (χ1v) is 8.07. The second-order valence-electron chi connectivity index (χ2n) is 6.04. The fourth-order valence-electron chi connectivity index (χ4n) is 3.19. The molecule has 1 aliphatic heterocycles. The van der Waals surface area contributed by atoms with E-state index in [9.17, 15) is 15.2 Å². The van der Waals surface area contributed by atoms with Crippen LogP contribution in [0.2, 0.25) is 0 Å². The van der Waals surface area contributed by atoms with E-state index in [2.05, 4.69) is 16.7 Å². The topological polar surface area (TPSA) is 69.9 Å². The molecular formula is C18H21N3O3. The number of anilines is 1. The van der Waals surface area contributed by atoms with Gasteiger partial charge in [-0.25, -0.2) is 0 Å². The summed E-state index contributed by atoms with van der Waals surface area (Å²) in [7, 11) is 0. The van der Waals surface area contributed by atoms with E-state index in [1.54, 1.807) is 18.2 Å². The molecule has 6 heteroatoms. The fraction of sp³-hybridized carbons (Fsp3) is 0.333. The summed E-state index contributed by atoms with van der Waals surface area (Å²) in [6.07, 6.45) is 0. The van der Waals surface area contributed by atoms with Gasteiger partial charge in [-0.3, -0.25) is 15.0 Å². The molecule has 0 aliphatic carbocycles. The highest BCUT2D eigenvalue weighted by Crippen LogP contribution is 2.29. The normalized spacial score (nSPS) is 16.8. The second-order valence-corrected chi connectivity index (χ2v) is 6.04. The summed E-state index contributed by atoms with van der Waals surface area (Å²) in [5, 5.41) is 20.9. The summed E-state index contributed by atoms with van der Waals surface area (Å²) < 4.78 is 0. The predicted molar refractivity (Wildman–Crippen MR) is 93.4 cm³/mol. The van der Waals surface area contributed by atoms with Crippen LogP contribution in [0.25, 0.3) is 0 Å². The second kappa shape index (κ2) is 6.88. The Morgan fingerprint density at radius 1 is 1.08 bits per heavy atom. The molecule has 1 fully saturated rings. The molecule has 0 bridgehead atoms. The Morgan fingerprint density at radius 2 is 1.79 bits per heavy atom. The van der Waals surface area contributed by atoms with Crippen molar-refractivity contribution in [1.82, 2.24) is 4.90 Å². The van der Waals surface area contributed by atoms with Crippen molar-refractivity contribution in [1.29, 1.82) is 0 Å². The van der Waals surface area contributed by atoms with Gasteiger partial charge in [0.25, 0.3) is 5.69 Å². The van der Waals surface area contributed by atoms with Crippen LogP contribution < -0.4 is 4.90 Å². The molecule has 0 spiro atoms. The highest BCUT2D eigenvalue weighted by molar-refractivity contribution is 5.57. The molecule has 0 aromatic heterocycles. The molecule has 6 nitrogen and oxygen atoms in total. The molecule has 2 aromatic rings. The summed E-state index contributed by atoms with van der Waals surface area (Å²) in [6, 6.07) is 14.3. The van der Waals surface area contributed by atoms with E-state index in [-0.39, 0.29) is 16.7 Å². The van der Waals surface area contributed by atoms with E-state index in [0.29, 0.717) is 5.75 Å². The lowest BCUT2D eigenvalue weighted by Gasteiger charge is -2.39. The number of nitrogens with zero attached hydrogens (tertiary/aromatic N) is 3. The van der Waals surface area contributed by atoms with Gasteiger partial charge >= 0.3 is 0 Å². The highest BCUT2D eigenvalue weighted by Gasteiger charge is 2.24. The van der Waals surface area contributed by atoms with Crippen LogP contribution >= 0.6 is 0 Å². The van der Waals surface area contributed by atoms with Crippen molar-refractivity contribution in [3.8, 4) is 5.75 Å². The quantitative estimate of drug-likeness (QED) is 0.690. The van der Waals surface area contributed by atoms with Crippen molar-refractivity contribution in [2.45, 2.75) is 13.0 Å². The van der Waals surface area contributed by atoms with Gasteiger partial charge in [0.15, 0.2) is 0 Å². The van der Waals surface area contributed by atoms with Crippen molar-refractivity contribution in [3.05, 3.63) is 64.2 Å². The number of hydrogen-bond donors (Lipinski definition) is 1. The lowest BCUT2D eigenvalue weighted by atomic mass is 10.1. The van der Waals surface area contributed by atoms with Gasteiger partial charge < -0.3 is 10.0 Å². The lowest BCUT2D eigenvalue weighted by Crippen LogP contribution is -2.47. The van der Waals surface area contributed by atoms with Crippen LogP contribution in [0.15, 0.2) is 48.5 Å². The molecule has 0 radical (unpaired) electrons. The van der Waals surface area contributed by atoms with Crippen molar-refractivity contribution in [2.24, 2.45) is 0 Å². The Balaban J connectivity index is 1.67. The average molecular weight is 327 g/mol. The number of hydrogen-bond acceptors (Lipinski definition) is 5. The number of rotatable bonds is 4. The van der Waals surface area contributed by atoms with Crippen molar-refractivity contribution < 1.29 is 10.0 Å². The zero-order chi connectivity index (χ0) is 17.1. The van der Waals surface area contributed by atoms with Gasteiger partial charge in [0.1, 0.15) is 5.75 Å². The van der Waals surface area contributed by atoms with E-state index in [4.69, 9.17) is 0 Å². The fourth-order valence-corrected chi connectivity index (χ4v) is 3.19. The van der Waals surface area contributed by atoms with Crippen LogP contribution in [0.5, 0.6) is 5.75 Å². The number of benzene rings is 2. The summed E-state index contributed by atoms with van der Waals surface area (Å²) >= 11 is 0. The maximum Gasteiger partial charge on any atom is 0.269 e.